The maximum absolute atomic E-state index is 12.2. The van der Waals surface area contributed by atoms with Gasteiger partial charge in [0.2, 0.25) is 0 Å². The number of aliphatic hydroxyl groups is 1. The zero-order valence-corrected chi connectivity index (χ0v) is 12.8. The van der Waals surface area contributed by atoms with E-state index in [1.54, 1.807) is 18.2 Å². The molecule has 2 rings (SSSR count). The lowest BCUT2D eigenvalue weighted by Gasteiger charge is -2.20. The van der Waals surface area contributed by atoms with Crippen molar-refractivity contribution >= 4 is 5.91 Å². The van der Waals surface area contributed by atoms with Gasteiger partial charge < -0.3 is 10.4 Å². The van der Waals surface area contributed by atoms with Crippen LogP contribution in [-0.2, 0) is 0 Å². The van der Waals surface area contributed by atoms with E-state index in [0.717, 1.165) is 12.8 Å². The number of tetrazole rings is 1. The second kappa shape index (κ2) is 7.65. The number of benzene rings is 1. The number of carbonyl (C=O) groups excluding carboxylic acids is 1. The summed E-state index contributed by atoms with van der Waals surface area (Å²) in [6.07, 6.45) is 2.72. The van der Waals surface area contributed by atoms with Crippen molar-refractivity contribution in [2.75, 3.05) is 6.54 Å². The Kier molecular flexibility index (Phi) is 5.60. The summed E-state index contributed by atoms with van der Waals surface area (Å²) in [4.78, 5) is 12.2. The minimum atomic E-state index is -0.526. The molecular weight excluding hydrogens is 282 g/mol. The molecule has 118 valence electrons. The molecule has 7 nitrogen and oxygen atoms in total. The van der Waals surface area contributed by atoms with Gasteiger partial charge in [-0.15, -0.1) is 5.10 Å². The molecule has 0 fully saturated rings. The van der Waals surface area contributed by atoms with Crippen LogP contribution < -0.4 is 5.32 Å². The summed E-state index contributed by atoms with van der Waals surface area (Å²) in [5.74, 6) is -0.0206. The van der Waals surface area contributed by atoms with Gasteiger partial charge in [-0.3, -0.25) is 4.79 Å². The molecule has 2 N–H and O–H groups in total. The van der Waals surface area contributed by atoms with Crippen molar-refractivity contribution < 1.29 is 9.90 Å². The topological polar surface area (TPSA) is 92.9 Å². The first-order valence-corrected chi connectivity index (χ1v) is 7.45. The molecule has 0 spiro atoms. The number of nitrogens with one attached hydrogen (secondary N) is 1. The second-order valence-electron chi connectivity index (χ2n) is 5.16. The fourth-order valence-corrected chi connectivity index (χ4v) is 2.37. The first kappa shape index (κ1) is 16.1. The Balaban J connectivity index is 2.00. The number of aromatic nitrogens is 4. The molecule has 7 heteroatoms. The third kappa shape index (κ3) is 3.88. The van der Waals surface area contributed by atoms with Crippen LogP contribution in [0.4, 0.5) is 0 Å². The SMILES string of the molecule is CCC(CC)C(O)CNC(=O)c1cccc(-n2cnnn2)c1. The Hall–Kier alpha value is -2.28. The largest absolute Gasteiger partial charge is 0.391 e. The van der Waals surface area contributed by atoms with E-state index < -0.39 is 6.10 Å². The fourth-order valence-electron chi connectivity index (χ4n) is 2.37. The van der Waals surface area contributed by atoms with E-state index in [1.165, 1.54) is 11.0 Å². The Morgan fingerprint density at radius 2 is 2.14 bits per heavy atom. The van der Waals surface area contributed by atoms with Crippen LogP contribution in [0.1, 0.15) is 37.0 Å². The van der Waals surface area contributed by atoms with Gasteiger partial charge in [0, 0.05) is 12.1 Å². The van der Waals surface area contributed by atoms with Gasteiger partial charge in [-0.05, 0) is 34.5 Å². The van der Waals surface area contributed by atoms with Gasteiger partial charge >= 0.3 is 0 Å². The number of rotatable bonds is 7. The molecule has 0 bridgehead atoms. The third-order valence-corrected chi connectivity index (χ3v) is 3.79. The number of hydrogen-bond donors (Lipinski definition) is 2. The summed E-state index contributed by atoms with van der Waals surface area (Å²) in [7, 11) is 0. The van der Waals surface area contributed by atoms with E-state index in [4.69, 9.17) is 0 Å². The number of amides is 1. The minimum absolute atomic E-state index is 0.202. The third-order valence-electron chi connectivity index (χ3n) is 3.79. The highest BCUT2D eigenvalue weighted by atomic mass is 16.3. The van der Waals surface area contributed by atoms with Crippen LogP contribution in [0.5, 0.6) is 0 Å². The lowest BCUT2D eigenvalue weighted by atomic mass is 9.96. The Labute approximate surface area is 129 Å². The highest BCUT2D eigenvalue weighted by Crippen LogP contribution is 2.13. The minimum Gasteiger partial charge on any atom is -0.391 e. The predicted molar refractivity (Wildman–Crippen MR) is 81.6 cm³/mol. The number of carbonyl (C=O) groups is 1. The average molecular weight is 303 g/mol. The molecular formula is C15H21N5O2. The Bertz CT molecular complexity index is 596. The van der Waals surface area contributed by atoms with Crippen molar-refractivity contribution in [2.24, 2.45) is 5.92 Å². The number of aliphatic hydroxyl groups excluding tert-OH is 1. The summed E-state index contributed by atoms with van der Waals surface area (Å²) < 4.78 is 1.48. The molecule has 1 heterocycles. The van der Waals surface area contributed by atoms with Crippen molar-refractivity contribution in [2.45, 2.75) is 32.8 Å². The molecule has 0 aliphatic rings. The number of hydrogen-bond acceptors (Lipinski definition) is 5. The molecule has 1 unspecified atom stereocenters. The van der Waals surface area contributed by atoms with Crippen molar-refractivity contribution in [1.29, 1.82) is 0 Å². The Morgan fingerprint density at radius 1 is 1.36 bits per heavy atom. The fraction of sp³-hybridized carbons (Fsp3) is 0.467. The molecule has 1 aromatic carbocycles. The van der Waals surface area contributed by atoms with E-state index in [0.29, 0.717) is 11.3 Å². The lowest BCUT2D eigenvalue weighted by molar-refractivity contribution is 0.0816. The van der Waals surface area contributed by atoms with Crippen molar-refractivity contribution in [3.05, 3.63) is 36.2 Å². The zero-order valence-electron chi connectivity index (χ0n) is 12.8. The molecule has 0 aliphatic heterocycles. The zero-order chi connectivity index (χ0) is 15.9. The van der Waals surface area contributed by atoms with E-state index in [1.807, 2.05) is 19.9 Å². The standard InChI is InChI=1S/C15H21N5O2/c1-3-11(4-2)14(21)9-16-15(22)12-6-5-7-13(8-12)20-10-17-18-19-20/h5-8,10-11,14,21H,3-4,9H2,1-2H3,(H,16,22). The second-order valence-corrected chi connectivity index (χ2v) is 5.16. The monoisotopic (exact) mass is 303 g/mol. The van der Waals surface area contributed by atoms with Gasteiger partial charge in [-0.25, -0.2) is 4.68 Å². The van der Waals surface area contributed by atoms with Crippen LogP contribution in [0, 0.1) is 5.92 Å². The molecule has 1 aromatic heterocycles. The average Bonchev–Trinajstić information content (AvgIpc) is 3.08. The maximum Gasteiger partial charge on any atom is 0.251 e. The highest BCUT2D eigenvalue weighted by molar-refractivity contribution is 5.94. The predicted octanol–water partition coefficient (Wildman–Crippen LogP) is 1.19. The van der Waals surface area contributed by atoms with E-state index in [2.05, 4.69) is 20.8 Å². The Morgan fingerprint density at radius 3 is 2.77 bits per heavy atom. The van der Waals surface area contributed by atoms with Crippen LogP contribution >= 0.6 is 0 Å². The van der Waals surface area contributed by atoms with Gasteiger partial charge in [0.15, 0.2) is 0 Å². The molecule has 1 atom stereocenters. The van der Waals surface area contributed by atoms with Gasteiger partial charge in [-0.1, -0.05) is 32.8 Å². The van der Waals surface area contributed by atoms with E-state index >= 15 is 0 Å². The summed E-state index contributed by atoms with van der Waals surface area (Å²) >= 11 is 0. The smallest absolute Gasteiger partial charge is 0.251 e. The van der Waals surface area contributed by atoms with Gasteiger partial charge in [0.05, 0.1) is 11.8 Å². The summed E-state index contributed by atoms with van der Waals surface area (Å²) in [5.41, 5.74) is 1.21. The van der Waals surface area contributed by atoms with Crippen LogP contribution in [-0.4, -0.2) is 43.9 Å². The van der Waals surface area contributed by atoms with Crippen LogP contribution in [0.15, 0.2) is 30.6 Å². The van der Waals surface area contributed by atoms with Crippen LogP contribution in [0.3, 0.4) is 0 Å². The van der Waals surface area contributed by atoms with Crippen molar-refractivity contribution in [3.8, 4) is 5.69 Å². The van der Waals surface area contributed by atoms with Gasteiger partial charge in [0.25, 0.3) is 5.91 Å². The highest BCUT2D eigenvalue weighted by Gasteiger charge is 2.16. The molecule has 0 saturated carbocycles. The maximum atomic E-state index is 12.2. The van der Waals surface area contributed by atoms with Crippen LogP contribution in [0.2, 0.25) is 0 Å². The molecule has 2 aromatic rings. The summed E-state index contributed by atoms with van der Waals surface area (Å²) in [6.45, 7) is 4.32. The number of nitrogens with zero attached hydrogens (tertiary/aromatic N) is 4. The molecule has 0 saturated heterocycles. The quantitative estimate of drug-likeness (QED) is 0.801. The summed E-state index contributed by atoms with van der Waals surface area (Å²) in [6, 6.07) is 7.00. The molecule has 0 radical (unpaired) electrons. The molecule has 0 aliphatic carbocycles. The van der Waals surface area contributed by atoms with Gasteiger partial charge in [0.1, 0.15) is 6.33 Å². The van der Waals surface area contributed by atoms with Crippen molar-refractivity contribution in [3.63, 3.8) is 0 Å². The summed E-state index contributed by atoms with van der Waals surface area (Å²) in [5, 5.41) is 23.8. The normalized spacial score (nSPS) is 12.4. The van der Waals surface area contributed by atoms with Crippen molar-refractivity contribution in [1.82, 2.24) is 25.5 Å². The van der Waals surface area contributed by atoms with Crippen LogP contribution in [0.25, 0.3) is 5.69 Å². The molecule has 22 heavy (non-hydrogen) atoms. The van der Waals surface area contributed by atoms with E-state index in [-0.39, 0.29) is 18.4 Å². The van der Waals surface area contributed by atoms with Gasteiger partial charge in [-0.2, -0.15) is 0 Å². The lowest BCUT2D eigenvalue weighted by Crippen LogP contribution is -2.36. The first-order valence-electron chi connectivity index (χ1n) is 7.45. The first-order chi connectivity index (χ1) is 10.7. The molecule has 1 amide bonds. The van der Waals surface area contributed by atoms with E-state index in [9.17, 15) is 9.90 Å².